The van der Waals surface area contributed by atoms with E-state index in [1.807, 2.05) is 27.2 Å². The van der Waals surface area contributed by atoms with Gasteiger partial charge in [0.25, 0.3) is 0 Å². The van der Waals surface area contributed by atoms with Gasteiger partial charge in [0.2, 0.25) is 0 Å². The molecule has 2 aromatic heterocycles. The molecule has 3 N–H and O–H groups in total. The minimum Gasteiger partial charge on any atom is -0.490 e. The molecule has 7 nitrogen and oxygen atoms in total. The van der Waals surface area contributed by atoms with Crippen molar-refractivity contribution >= 4 is 51.3 Å². The number of nitrogens with one attached hydrogen (secondary N) is 1. The number of anilines is 1. The highest BCUT2D eigenvalue weighted by Crippen LogP contribution is 2.43. The Labute approximate surface area is 190 Å². The number of aryl methyl sites for hydroxylation is 1. The van der Waals surface area contributed by atoms with E-state index >= 15 is 4.39 Å². The molecule has 0 saturated heterocycles. The molecule has 0 fully saturated rings. The van der Waals surface area contributed by atoms with Crippen molar-refractivity contribution in [2.24, 2.45) is 0 Å². The molecule has 3 heterocycles. The fraction of sp³-hybridized carbons (Fsp3) is 0.421. The number of hydrogen-bond donors (Lipinski definition) is 2. The first kappa shape index (κ1) is 21.5. The smallest absolute Gasteiger partial charge is 0.180 e. The zero-order chi connectivity index (χ0) is 21.4. The molecule has 0 saturated carbocycles. The van der Waals surface area contributed by atoms with Crippen LogP contribution in [-0.4, -0.2) is 38.7 Å². The van der Waals surface area contributed by atoms with Gasteiger partial charge in [-0.1, -0.05) is 13.8 Å². The van der Waals surface area contributed by atoms with E-state index < -0.39 is 11.6 Å². The molecule has 0 amide bonds. The van der Waals surface area contributed by atoms with Crippen LogP contribution in [0, 0.1) is 15.2 Å². The topological polar surface area (TPSA) is 90.9 Å². The summed E-state index contributed by atoms with van der Waals surface area (Å²) in [5.41, 5.74) is 7.29. The number of imidazole rings is 1. The number of halogens is 3. The average Bonchev–Trinajstić information content (AvgIpc) is 3.33. The summed E-state index contributed by atoms with van der Waals surface area (Å²) in [5.74, 6) is -0.721. The molecule has 1 aliphatic heterocycles. The Bertz CT molecular complexity index is 1110. The summed E-state index contributed by atoms with van der Waals surface area (Å²) < 4.78 is 37.3. The van der Waals surface area contributed by atoms with E-state index in [0.29, 0.717) is 35.3 Å². The molecule has 0 radical (unpaired) electrons. The highest BCUT2D eigenvalue weighted by molar-refractivity contribution is 14.1. The molecule has 1 aliphatic rings. The van der Waals surface area contributed by atoms with Gasteiger partial charge in [-0.15, -0.1) is 0 Å². The molecule has 0 atom stereocenters. The summed E-state index contributed by atoms with van der Waals surface area (Å²) in [6.45, 7) is 5.85. The monoisotopic (exact) mass is 546 g/mol. The zero-order valence-electron chi connectivity index (χ0n) is 16.5. The number of aromatic nitrogens is 4. The zero-order valence-corrected chi connectivity index (χ0v) is 19.5. The molecule has 0 unspecified atom stereocenters. The molecule has 160 valence electrons. The van der Waals surface area contributed by atoms with Crippen LogP contribution < -0.4 is 15.8 Å². The molecule has 0 bridgehead atoms. The van der Waals surface area contributed by atoms with Crippen molar-refractivity contribution in [1.82, 2.24) is 24.8 Å². The van der Waals surface area contributed by atoms with E-state index in [9.17, 15) is 4.39 Å². The van der Waals surface area contributed by atoms with Crippen molar-refractivity contribution in [2.75, 3.05) is 18.9 Å². The highest BCUT2D eigenvalue weighted by Gasteiger charge is 2.29. The number of nitrogens with two attached hydrogens (primary N) is 1. The summed E-state index contributed by atoms with van der Waals surface area (Å²) in [5, 5.41) is 3.86. The maximum absolute atomic E-state index is 15.2. The molecular formula is C19H21F2IN6OS. The maximum atomic E-state index is 15.2. The molecule has 30 heavy (non-hydrogen) atoms. The highest BCUT2D eigenvalue weighted by atomic mass is 127. The molecule has 0 spiro atoms. The first-order valence-electron chi connectivity index (χ1n) is 9.58. The second-order valence-electron chi connectivity index (χ2n) is 7.22. The van der Waals surface area contributed by atoms with Gasteiger partial charge >= 0.3 is 0 Å². The lowest BCUT2D eigenvalue weighted by Crippen LogP contribution is -2.24. The van der Waals surface area contributed by atoms with E-state index in [2.05, 4.69) is 34.1 Å². The Morgan fingerprint density at radius 3 is 2.90 bits per heavy atom. The van der Waals surface area contributed by atoms with E-state index in [1.54, 1.807) is 0 Å². The predicted octanol–water partition coefficient (Wildman–Crippen LogP) is 3.77. The van der Waals surface area contributed by atoms with Crippen LogP contribution in [-0.2, 0) is 13.0 Å². The fourth-order valence-corrected chi connectivity index (χ4v) is 5.13. The largest absolute Gasteiger partial charge is 0.490 e. The number of nitrogen functional groups attached to an aromatic ring is 1. The van der Waals surface area contributed by atoms with Gasteiger partial charge in [0.1, 0.15) is 12.1 Å². The second kappa shape index (κ2) is 8.79. The normalized spacial score (nSPS) is 13.3. The quantitative estimate of drug-likeness (QED) is 0.265. The number of fused-ring (bicyclic) bond motifs is 2. The molecule has 1 aromatic carbocycles. The summed E-state index contributed by atoms with van der Waals surface area (Å²) in [7, 11) is 0. The van der Waals surface area contributed by atoms with E-state index in [4.69, 9.17) is 10.5 Å². The van der Waals surface area contributed by atoms with Gasteiger partial charge in [-0.25, -0.2) is 23.7 Å². The number of rotatable bonds is 7. The van der Waals surface area contributed by atoms with Crippen LogP contribution in [0.3, 0.4) is 0 Å². The van der Waals surface area contributed by atoms with Crippen LogP contribution in [0.4, 0.5) is 14.6 Å². The van der Waals surface area contributed by atoms with E-state index in [-0.39, 0.29) is 32.2 Å². The Hall–Kier alpha value is -1.73. The minimum absolute atomic E-state index is 0.0182. The van der Waals surface area contributed by atoms with Gasteiger partial charge in [0.15, 0.2) is 33.7 Å². The first-order valence-corrected chi connectivity index (χ1v) is 11.5. The van der Waals surface area contributed by atoms with Crippen molar-refractivity contribution in [2.45, 2.75) is 49.3 Å². The summed E-state index contributed by atoms with van der Waals surface area (Å²) in [4.78, 5) is 13.1. The second-order valence-corrected chi connectivity index (χ2v) is 9.28. The Morgan fingerprint density at radius 2 is 2.13 bits per heavy atom. The van der Waals surface area contributed by atoms with Crippen LogP contribution >= 0.6 is 34.4 Å². The third kappa shape index (κ3) is 3.94. The van der Waals surface area contributed by atoms with Crippen LogP contribution in [0.1, 0.15) is 25.8 Å². The SMILES string of the molecule is CC(C)NCCCn1c(Sc2c([19F])c3c(c([19F])c2I)OCC3)nc2c(N)ncnc21. The van der Waals surface area contributed by atoms with E-state index in [1.165, 1.54) is 6.33 Å². The summed E-state index contributed by atoms with van der Waals surface area (Å²) >= 11 is 2.89. The Morgan fingerprint density at radius 1 is 1.33 bits per heavy atom. The van der Waals surface area contributed by atoms with Gasteiger partial charge in [-0.2, -0.15) is 0 Å². The van der Waals surface area contributed by atoms with E-state index in [0.717, 1.165) is 24.7 Å². The maximum Gasteiger partial charge on any atom is 0.180 e. The van der Waals surface area contributed by atoms with Crippen LogP contribution in [0.15, 0.2) is 16.4 Å². The lowest BCUT2D eigenvalue weighted by molar-refractivity contribution is 0.337. The minimum atomic E-state index is -0.532. The number of benzene rings is 1. The third-order valence-corrected chi connectivity index (χ3v) is 7.22. The number of ether oxygens (including phenoxy) is 1. The van der Waals surface area contributed by atoms with Crippen molar-refractivity contribution in [3.05, 3.63) is 27.1 Å². The van der Waals surface area contributed by atoms with Crippen LogP contribution in [0.5, 0.6) is 5.75 Å². The summed E-state index contributed by atoms with van der Waals surface area (Å²) in [6, 6.07) is 0.378. The van der Waals surface area contributed by atoms with Gasteiger partial charge in [-0.3, -0.25) is 0 Å². The van der Waals surface area contributed by atoms with Crippen molar-refractivity contribution in [3.63, 3.8) is 0 Å². The lowest BCUT2D eigenvalue weighted by Gasteiger charge is -2.13. The number of nitrogens with zero attached hydrogens (tertiary/aromatic N) is 4. The summed E-state index contributed by atoms with van der Waals surface area (Å²) in [6.07, 6.45) is 2.54. The molecule has 0 aliphatic carbocycles. The van der Waals surface area contributed by atoms with Crippen molar-refractivity contribution in [1.29, 1.82) is 0 Å². The predicted molar refractivity (Wildman–Crippen MR) is 120 cm³/mol. The molecule has 4 rings (SSSR count). The van der Waals surface area contributed by atoms with Crippen LogP contribution in [0.25, 0.3) is 11.2 Å². The standard InChI is InChI=1S/C19H21F2IN6OS/c1-9(2)24-5-3-6-28-18-14(17(23)25-8-26-18)27-19(28)30-16-11(20)10-4-7-29-15(10)12(21)13(16)22/h8-9,24H,3-7H2,1-2H3,(H2,23,25,26)/i20+0,21+0. The molecule has 3 aromatic rings. The molecular weight excluding hydrogens is 525 g/mol. The average molecular weight is 546 g/mol. The third-order valence-electron chi connectivity index (χ3n) is 4.76. The van der Waals surface area contributed by atoms with Gasteiger partial charge < -0.3 is 20.4 Å². The van der Waals surface area contributed by atoms with Gasteiger partial charge in [0, 0.05) is 24.6 Å². The Balaban J connectivity index is 1.73. The first-order chi connectivity index (χ1) is 14.4. The van der Waals surface area contributed by atoms with Crippen molar-refractivity contribution < 1.29 is 13.5 Å². The molecule has 11 heteroatoms. The van der Waals surface area contributed by atoms with Crippen molar-refractivity contribution in [3.8, 4) is 5.75 Å². The van der Waals surface area contributed by atoms with Crippen LogP contribution in [0.2, 0.25) is 0 Å². The van der Waals surface area contributed by atoms with Gasteiger partial charge in [-0.05, 0) is 47.3 Å². The Kier molecular flexibility index (Phi) is 6.30. The number of hydrogen-bond acceptors (Lipinski definition) is 7. The lowest BCUT2D eigenvalue weighted by atomic mass is 10.1. The fourth-order valence-electron chi connectivity index (χ4n) is 3.32. The van der Waals surface area contributed by atoms with Gasteiger partial charge in [0.05, 0.1) is 15.1 Å².